The molecule has 2 fully saturated rings. The number of fused-ring (bicyclic) bond motifs is 7. The van der Waals surface area contributed by atoms with Crippen LogP contribution in [0.25, 0.3) is 10.9 Å². The molecule has 0 unspecified atom stereocenters. The lowest BCUT2D eigenvalue weighted by molar-refractivity contribution is -0.147. The molecule has 0 spiro atoms. The highest BCUT2D eigenvalue weighted by atomic mass is 16.5. The molecule has 3 bridgehead atoms. The molecule has 0 radical (unpaired) electrons. The molecular formula is C21H26N2O3. The van der Waals surface area contributed by atoms with Crippen LogP contribution in [0.4, 0.5) is 0 Å². The molecule has 5 nitrogen and oxygen atoms in total. The number of benzene rings is 1. The molecule has 5 rings (SSSR count). The van der Waals surface area contributed by atoms with Crippen LogP contribution < -0.4 is 4.74 Å². The van der Waals surface area contributed by atoms with E-state index in [4.69, 9.17) is 4.74 Å². The number of nitrogens with one attached hydrogen (secondary N) is 1. The number of aromatic nitrogens is 1. The minimum atomic E-state index is -0.221. The third-order valence-electron chi connectivity index (χ3n) is 7.36. The van der Waals surface area contributed by atoms with Gasteiger partial charge in [0.15, 0.2) is 0 Å². The summed E-state index contributed by atoms with van der Waals surface area (Å²) in [7, 11) is 3.84. The van der Waals surface area contributed by atoms with Crippen molar-refractivity contribution >= 4 is 16.7 Å². The van der Waals surface area contributed by atoms with Gasteiger partial charge >= 0.3 is 0 Å². The molecule has 1 aromatic heterocycles. The van der Waals surface area contributed by atoms with E-state index in [1.54, 1.807) is 7.11 Å². The van der Waals surface area contributed by atoms with Crippen LogP contribution in [0.3, 0.4) is 0 Å². The van der Waals surface area contributed by atoms with Crippen molar-refractivity contribution in [2.75, 3.05) is 20.8 Å². The van der Waals surface area contributed by atoms with Crippen LogP contribution in [-0.2, 0) is 4.79 Å². The van der Waals surface area contributed by atoms with Crippen molar-refractivity contribution in [1.29, 1.82) is 0 Å². The second-order valence-corrected chi connectivity index (χ2v) is 8.18. The van der Waals surface area contributed by atoms with E-state index in [-0.39, 0.29) is 36.2 Å². The molecular weight excluding hydrogens is 328 g/mol. The number of hydrogen-bond acceptors (Lipinski definition) is 4. The summed E-state index contributed by atoms with van der Waals surface area (Å²) < 4.78 is 5.44. The van der Waals surface area contributed by atoms with E-state index in [9.17, 15) is 9.90 Å². The highest BCUT2D eigenvalue weighted by Crippen LogP contribution is 2.59. The molecule has 1 saturated heterocycles. The van der Waals surface area contributed by atoms with Gasteiger partial charge in [-0.25, -0.2) is 0 Å². The topological polar surface area (TPSA) is 65.6 Å². The monoisotopic (exact) mass is 354 g/mol. The fourth-order valence-corrected chi connectivity index (χ4v) is 6.26. The standard InChI is InChI=1S/C21H26N2O3/c1-4-11-12-8-16-19-17(13-7-10(26-3)5-6-15(13)22-19)18(20(11)23(16)2)21(25)14(12)9-24/h5-7,11-12,14,16,18,20,22,24H,4,8-9H2,1-3H3/t11-,12-,14+,16-,18-,20-/m1/s1. The van der Waals surface area contributed by atoms with Gasteiger partial charge in [-0.3, -0.25) is 9.69 Å². The first-order chi connectivity index (χ1) is 12.6. The van der Waals surface area contributed by atoms with Gasteiger partial charge in [0.1, 0.15) is 11.5 Å². The van der Waals surface area contributed by atoms with Crippen molar-refractivity contribution < 1.29 is 14.6 Å². The van der Waals surface area contributed by atoms with Crippen LogP contribution in [0.1, 0.15) is 43.0 Å². The minimum absolute atomic E-state index is 0.0271. The molecule has 0 amide bonds. The second kappa shape index (κ2) is 5.57. The van der Waals surface area contributed by atoms with E-state index in [2.05, 4.69) is 29.9 Å². The summed E-state index contributed by atoms with van der Waals surface area (Å²) in [5, 5.41) is 11.1. The quantitative estimate of drug-likeness (QED) is 0.890. The fourth-order valence-electron chi connectivity index (χ4n) is 6.26. The summed E-state index contributed by atoms with van der Waals surface area (Å²) >= 11 is 0. The minimum Gasteiger partial charge on any atom is -0.497 e. The molecule has 2 aliphatic heterocycles. The molecule has 6 atom stereocenters. The summed E-state index contributed by atoms with van der Waals surface area (Å²) in [6, 6.07) is 6.59. The van der Waals surface area contributed by atoms with Gasteiger partial charge in [-0.1, -0.05) is 13.3 Å². The van der Waals surface area contributed by atoms with Crippen molar-refractivity contribution in [3.8, 4) is 5.75 Å². The van der Waals surface area contributed by atoms with E-state index in [1.807, 2.05) is 12.1 Å². The van der Waals surface area contributed by atoms with E-state index in [1.165, 1.54) is 5.69 Å². The number of piperidine rings is 1. The molecule has 1 aliphatic carbocycles. The number of likely N-dealkylation sites (N-methyl/N-ethyl adjacent to an activating group) is 1. The predicted molar refractivity (Wildman–Crippen MR) is 99.4 cm³/mol. The molecule has 3 aliphatic rings. The Morgan fingerprint density at radius 1 is 1.38 bits per heavy atom. The zero-order chi connectivity index (χ0) is 18.2. The van der Waals surface area contributed by atoms with Crippen LogP contribution >= 0.6 is 0 Å². The first kappa shape index (κ1) is 16.3. The average molecular weight is 354 g/mol. The molecule has 26 heavy (non-hydrogen) atoms. The molecule has 2 aromatic rings. The number of rotatable bonds is 3. The number of H-pyrrole nitrogens is 1. The number of methoxy groups -OCH3 is 1. The lowest BCUT2D eigenvalue weighted by Crippen LogP contribution is -2.63. The maximum Gasteiger partial charge on any atom is 0.147 e. The van der Waals surface area contributed by atoms with E-state index < -0.39 is 0 Å². The normalized spacial score (nSPS) is 35.8. The first-order valence-electron chi connectivity index (χ1n) is 9.66. The largest absolute Gasteiger partial charge is 0.497 e. The van der Waals surface area contributed by atoms with Gasteiger partial charge in [-0.15, -0.1) is 0 Å². The third kappa shape index (κ3) is 1.85. The van der Waals surface area contributed by atoms with E-state index in [0.29, 0.717) is 12.0 Å². The lowest BCUT2D eigenvalue weighted by atomic mass is 9.54. The molecule has 2 N–H and O–H groups in total. The summed E-state index contributed by atoms with van der Waals surface area (Å²) in [5.74, 6) is 1.40. The van der Waals surface area contributed by atoms with Crippen molar-refractivity contribution in [1.82, 2.24) is 9.88 Å². The maximum absolute atomic E-state index is 13.5. The van der Waals surface area contributed by atoms with Gasteiger partial charge in [0.2, 0.25) is 0 Å². The lowest BCUT2D eigenvalue weighted by Gasteiger charge is -2.59. The number of ketones is 1. The highest BCUT2D eigenvalue weighted by molar-refractivity contribution is 5.98. The maximum atomic E-state index is 13.5. The Balaban J connectivity index is 1.80. The average Bonchev–Trinajstić information content (AvgIpc) is 3.01. The highest BCUT2D eigenvalue weighted by Gasteiger charge is 2.59. The Hall–Kier alpha value is -1.85. The third-order valence-corrected chi connectivity index (χ3v) is 7.36. The summed E-state index contributed by atoms with van der Waals surface area (Å²) in [6.45, 7) is 2.20. The van der Waals surface area contributed by atoms with Gasteiger partial charge in [-0.2, -0.15) is 0 Å². The van der Waals surface area contributed by atoms with Gasteiger partial charge in [-0.05, 0) is 49.1 Å². The van der Waals surface area contributed by atoms with Crippen LogP contribution in [-0.4, -0.2) is 47.6 Å². The second-order valence-electron chi connectivity index (χ2n) is 8.18. The van der Waals surface area contributed by atoms with Gasteiger partial charge < -0.3 is 14.8 Å². The van der Waals surface area contributed by atoms with Crippen LogP contribution in [0.5, 0.6) is 5.75 Å². The Labute approximate surface area is 153 Å². The number of Topliss-reactive ketones (excluding diaryl/α,β-unsaturated/α-hetero) is 1. The number of aromatic amines is 1. The van der Waals surface area contributed by atoms with Gasteiger partial charge in [0, 0.05) is 28.6 Å². The van der Waals surface area contributed by atoms with E-state index in [0.717, 1.165) is 35.1 Å². The molecule has 1 saturated carbocycles. The summed E-state index contributed by atoms with van der Waals surface area (Å²) in [5.41, 5.74) is 3.43. The van der Waals surface area contributed by atoms with E-state index >= 15 is 0 Å². The summed E-state index contributed by atoms with van der Waals surface area (Å²) in [4.78, 5) is 19.5. The zero-order valence-electron chi connectivity index (χ0n) is 15.5. The molecule has 5 heteroatoms. The predicted octanol–water partition coefficient (Wildman–Crippen LogP) is 2.85. The van der Waals surface area contributed by atoms with Crippen LogP contribution in [0, 0.1) is 17.8 Å². The zero-order valence-corrected chi connectivity index (χ0v) is 15.5. The number of hydrogen-bond donors (Lipinski definition) is 2. The first-order valence-corrected chi connectivity index (χ1v) is 9.66. The molecule has 3 heterocycles. The number of aliphatic hydroxyl groups is 1. The number of carbonyl (C=O) groups is 1. The Kier molecular flexibility index (Phi) is 3.50. The smallest absolute Gasteiger partial charge is 0.147 e. The van der Waals surface area contributed by atoms with Crippen molar-refractivity contribution in [3.05, 3.63) is 29.5 Å². The Morgan fingerprint density at radius 3 is 2.88 bits per heavy atom. The van der Waals surface area contributed by atoms with Crippen LogP contribution in [0.15, 0.2) is 18.2 Å². The Morgan fingerprint density at radius 2 is 2.19 bits per heavy atom. The summed E-state index contributed by atoms with van der Waals surface area (Å²) in [6.07, 6.45) is 1.99. The number of nitrogens with zero attached hydrogens (tertiary/aromatic N) is 1. The number of carbonyl (C=O) groups excluding carboxylic acids is 1. The number of aliphatic hydroxyl groups excluding tert-OH is 1. The SMILES string of the molecule is CC[C@@H]1[C@H]2C[C@@H]3c4[nH]c5ccc(OC)cc5c4[C@@H](C(=O)[C@H]2CO)[C@@H]1N3C. The number of ether oxygens (including phenoxy) is 1. The Bertz CT molecular complexity index is 889. The van der Waals surface area contributed by atoms with Crippen molar-refractivity contribution in [2.45, 2.75) is 37.8 Å². The molecule has 138 valence electrons. The van der Waals surface area contributed by atoms with Gasteiger partial charge in [0.25, 0.3) is 0 Å². The fraction of sp³-hybridized carbons (Fsp3) is 0.571. The van der Waals surface area contributed by atoms with Crippen LogP contribution in [0.2, 0.25) is 0 Å². The van der Waals surface area contributed by atoms with Crippen molar-refractivity contribution in [3.63, 3.8) is 0 Å². The molecule has 1 aromatic carbocycles. The van der Waals surface area contributed by atoms with Crippen molar-refractivity contribution in [2.24, 2.45) is 17.8 Å². The van der Waals surface area contributed by atoms with Gasteiger partial charge in [0.05, 0.1) is 25.7 Å².